The maximum Gasteiger partial charge on any atom is 0.416 e. The average molecular weight is 227 g/mol. The van der Waals surface area contributed by atoms with Crippen LogP contribution in [-0.4, -0.2) is 20.9 Å². The summed E-state index contributed by atoms with van der Waals surface area (Å²) < 4.78 is 1.23. The minimum absolute atomic E-state index is 0.130. The number of fused-ring (bicyclic) bond motifs is 3. The smallest absolute Gasteiger partial charge is 0.416 e. The number of aromatic nitrogens is 1. The number of phenolic OH excluding ortho intramolecular Hbond substituents is 1. The van der Waals surface area contributed by atoms with E-state index in [9.17, 15) is 15.0 Å². The third-order valence-corrected chi connectivity index (χ3v) is 2.85. The molecule has 3 rings (SSSR count). The lowest BCUT2D eigenvalue weighted by Gasteiger charge is -1.99. The van der Waals surface area contributed by atoms with E-state index in [1.165, 1.54) is 10.6 Å². The van der Waals surface area contributed by atoms with Gasteiger partial charge in [-0.2, -0.15) is 0 Å². The van der Waals surface area contributed by atoms with Crippen LogP contribution in [0.1, 0.15) is 0 Å². The molecule has 0 unspecified atom stereocenters. The number of carbonyl (C=O) groups is 1. The Morgan fingerprint density at radius 3 is 2.47 bits per heavy atom. The summed E-state index contributed by atoms with van der Waals surface area (Å²) in [5.41, 5.74) is 1.21. The Morgan fingerprint density at radius 2 is 1.71 bits per heavy atom. The largest absolute Gasteiger partial charge is 0.508 e. The summed E-state index contributed by atoms with van der Waals surface area (Å²) in [6, 6.07) is 11.9. The first-order valence-electron chi connectivity index (χ1n) is 5.14. The lowest BCUT2D eigenvalue weighted by atomic mass is 10.1. The molecule has 4 nitrogen and oxygen atoms in total. The van der Waals surface area contributed by atoms with Gasteiger partial charge in [0.2, 0.25) is 0 Å². The van der Waals surface area contributed by atoms with Gasteiger partial charge < -0.3 is 10.2 Å². The van der Waals surface area contributed by atoms with E-state index < -0.39 is 6.09 Å². The Kier molecular flexibility index (Phi) is 1.86. The van der Waals surface area contributed by atoms with E-state index in [2.05, 4.69) is 0 Å². The molecule has 2 N–H and O–H groups in total. The quantitative estimate of drug-likeness (QED) is 0.620. The van der Waals surface area contributed by atoms with Gasteiger partial charge in [0, 0.05) is 10.8 Å². The van der Waals surface area contributed by atoms with Crippen LogP contribution in [-0.2, 0) is 0 Å². The highest BCUT2D eigenvalue weighted by Gasteiger charge is 2.14. The van der Waals surface area contributed by atoms with Crippen molar-refractivity contribution in [2.45, 2.75) is 0 Å². The van der Waals surface area contributed by atoms with Crippen molar-refractivity contribution in [2.24, 2.45) is 0 Å². The van der Waals surface area contributed by atoms with E-state index in [-0.39, 0.29) is 5.75 Å². The van der Waals surface area contributed by atoms with Crippen molar-refractivity contribution >= 4 is 27.9 Å². The molecule has 0 saturated heterocycles. The van der Waals surface area contributed by atoms with Crippen LogP contribution in [0.15, 0.2) is 42.5 Å². The van der Waals surface area contributed by atoms with Gasteiger partial charge in [-0.1, -0.05) is 18.2 Å². The molecule has 1 heterocycles. The van der Waals surface area contributed by atoms with Crippen molar-refractivity contribution in [1.82, 2.24) is 4.57 Å². The lowest BCUT2D eigenvalue weighted by molar-refractivity contribution is 0.198. The van der Waals surface area contributed by atoms with Gasteiger partial charge in [0.15, 0.2) is 0 Å². The van der Waals surface area contributed by atoms with E-state index >= 15 is 0 Å². The van der Waals surface area contributed by atoms with Gasteiger partial charge in [-0.3, -0.25) is 0 Å². The molecule has 0 radical (unpaired) electrons. The SMILES string of the molecule is O=C(O)n1c2ccccc2c2cc(O)ccc21. The average Bonchev–Trinajstić information content (AvgIpc) is 2.63. The molecular formula is C13H9NO3. The predicted octanol–water partition coefficient (Wildman–Crippen LogP) is 3.03. The van der Waals surface area contributed by atoms with Crippen molar-refractivity contribution in [1.29, 1.82) is 0 Å². The maximum atomic E-state index is 11.3. The fourth-order valence-corrected chi connectivity index (χ4v) is 2.17. The molecule has 0 atom stereocenters. The fourth-order valence-electron chi connectivity index (χ4n) is 2.17. The highest BCUT2D eigenvalue weighted by atomic mass is 16.4. The Hall–Kier alpha value is -2.49. The summed E-state index contributed by atoms with van der Waals surface area (Å²) in [7, 11) is 0. The monoisotopic (exact) mass is 227 g/mol. The Balaban J connectivity index is 2.62. The molecule has 2 aromatic carbocycles. The van der Waals surface area contributed by atoms with Crippen LogP contribution in [0.3, 0.4) is 0 Å². The van der Waals surface area contributed by atoms with Gasteiger partial charge >= 0.3 is 6.09 Å². The molecular weight excluding hydrogens is 218 g/mol. The summed E-state index contributed by atoms with van der Waals surface area (Å²) in [6.07, 6.45) is -1.03. The second-order valence-corrected chi connectivity index (χ2v) is 3.84. The molecule has 0 bridgehead atoms. The molecule has 0 amide bonds. The summed E-state index contributed by atoms with van der Waals surface area (Å²) >= 11 is 0. The van der Waals surface area contributed by atoms with Crippen LogP contribution >= 0.6 is 0 Å². The predicted molar refractivity (Wildman–Crippen MR) is 64.5 cm³/mol. The van der Waals surface area contributed by atoms with Gasteiger partial charge in [-0.15, -0.1) is 0 Å². The number of hydrogen-bond acceptors (Lipinski definition) is 2. The third kappa shape index (κ3) is 1.27. The van der Waals surface area contributed by atoms with Crippen molar-refractivity contribution in [3.63, 3.8) is 0 Å². The van der Waals surface area contributed by atoms with Crippen LogP contribution in [0.2, 0.25) is 0 Å². The topological polar surface area (TPSA) is 62.5 Å². The van der Waals surface area contributed by atoms with Gasteiger partial charge in [-0.05, 0) is 24.3 Å². The first-order chi connectivity index (χ1) is 8.18. The Labute approximate surface area is 96.3 Å². The highest BCUT2D eigenvalue weighted by Crippen LogP contribution is 2.30. The van der Waals surface area contributed by atoms with E-state index in [0.717, 1.165) is 10.8 Å². The highest BCUT2D eigenvalue weighted by molar-refractivity contribution is 6.12. The van der Waals surface area contributed by atoms with Crippen molar-refractivity contribution < 1.29 is 15.0 Å². The summed E-state index contributed by atoms with van der Waals surface area (Å²) in [5, 5.41) is 20.3. The molecule has 17 heavy (non-hydrogen) atoms. The van der Waals surface area contributed by atoms with Gasteiger partial charge in [0.05, 0.1) is 11.0 Å². The lowest BCUT2D eigenvalue weighted by Crippen LogP contribution is -2.06. The standard InChI is InChI=1S/C13H9NO3/c15-8-5-6-12-10(7-8)9-3-1-2-4-11(9)14(12)13(16)17/h1-7,15H,(H,16,17). The zero-order valence-corrected chi connectivity index (χ0v) is 8.79. The number of aromatic hydroxyl groups is 1. The van der Waals surface area contributed by atoms with Crippen LogP contribution in [0.25, 0.3) is 21.8 Å². The molecule has 0 aliphatic rings. The molecule has 84 valence electrons. The van der Waals surface area contributed by atoms with Gasteiger partial charge in [-0.25, -0.2) is 9.36 Å². The normalized spacial score (nSPS) is 11.1. The first-order valence-corrected chi connectivity index (χ1v) is 5.14. The second-order valence-electron chi connectivity index (χ2n) is 3.84. The zero-order valence-electron chi connectivity index (χ0n) is 8.79. The zero-order chi connectivity index (χ0) is 12.0. The second kappa shape index (κ2) is 3.25. The van der Waals surface area contributed by atoms with Gasteiger partial charge in [0.1, 0.15) is 5.75 Å². The van der Waals surface area contributed by atoms with Crippen LogP contribution in [0.5, 0.6) is 5.75 Å². The Morgan fingerprint density at radius 1 is 1.00 bits per heavy atom. The van der Waals surface area contributed by atoms with Crippen LogP contribution in [0.4, 0.5) is 4.79 Å². The first kappa shape index (κ1) is 9.72. The van der Waals surface area contributed by atoms with Crippen molar-refractivity contribution in [3.05, 3.63) is 42.5 Å². The minimum Gasteiger partial charge on any atom is -0.508 e. The van der Waals surface area contributed by atoms with E-state index in [0.29, 0.717) is 11.0 Å². The third-order valence-electron chi connectivity index (χ3n) is 2.85. The Bertz CT molecular complexity index is 743. The number of phenols is 1. The van der Waals surface area contributed by atoms with E-state index in [4.69, 9.17) is 0 Å². The van der Waals surface area contributed by atoms with Crippen LogP contribution < -0.4 is 0 Å². The number of carboxylic acid groups (broad SMARTS) is 1. The maximum absolute atomic E-state index is 11.3. The summed E-state index contributed by atoms with van der Waals surface area (Å²) in [5.74, 6) is 0.130. The minimum atomic E-state index is -1.03. The van der Waals surface area contributed by atoms with Crippen molar-refractivity contribution in [2.75, 3.05) is 0 Å². The molecule has 3 aromatic rings. The molecule has 0 spiro atoms. The number of hydrogen-bond donors (Lipinski definition) is 2. The number of rotatable bonds is 0. The molecule has 0 fully saturated rings. The number of nitrogens with zero attached hydrogens (tertiary/aromatic N) is 1. The fraction of sp³-hybridized carbons (Fsp3) is 0. The number of para-hydroxylation sites is 1. The summed E-state index contributed by atoms with van der Waals surface area (Å²) in [6.45, 7) is 0. The molecule has 1 aromatic heterocycles. The molecule has 4 heteroatoms. The van der Waals surface area contributed by atoms with Gasteiger partial charge in [0.25, 0.3) is 0 Å². The number of benzene rings is 2. The molecule has 0 aliphatic carbocycles. The molecule has 0 saturated carbocycles. The molecule has 0 aliphatic heterocycles. The van der Waals surface area contributed by atoms with Crippen LogP contribution in [0, 0.1) is 0 Å². The summed E-state index contributed by atoms with van der Waals surface area (Å²) in [4.78, 5) is 11.3. The van der Waals surface area contributed by atoms with Crippen molar-refractivity contribution in [3.8, 4) is 5.75 Å². The van der Waals surface area contributed by atoms with E-state index in [1.807, 2.05) is 12.1 Å². The van der Waals surface area contributed by atoms with E-state index in [1.54, 1.807) is 24.3 Å².